The van der Waals surface area contributed by atoms with E-state index in [0.29, 0.717) is 6.04 Å². The molecule has 1 aromatic rings. The zero-order chi connectivity index (χ0) is 11.7. The van der Waals surface area contributed by atoms with Gasteiger partial charge in [-0.05, 0) is 37.5 Å². The van der Waals surface area contributed by atoms with Crippen LogP contribution in [0.2, 0.25) is 0 Å². The molecule has 0 aliphatic carbocycles. The lowest BCUT2D eigenvalue weighted by atomic mass is 10.0. The fourth-order valence-corrected chi connectivity index (χ4v) is 2.32. The number of hydrogen-bond acceptors (Lipinski definition) is 3. The fraction of sp³-hybridized carbons (Fsp3) is 0.538. The summed E-state index contributed by atoms with van der Waals surface area (Å²) in [6.07, 6.45) is 1.08. The van der Waals surface area contributed by atoms with Gasteiger partial charge in [0.1, 0.15) is 0 Å². The molecule has 0 amide bonds. The molecule has 0 aromatic heterocycles. The van der Waals surface area contributed by atoms with Crippen LogP contribution in [0.5, 0.6) is 0 Å². The van der Waals surface area contributed by atoms with E-state index in [1.807, 2.05) is 6.07 Å². The summed E-state index contributed by atoms with van der Waals surface area (Å²) < 4.78 is 0. The Morgan fingerprint density at radius 3 is 2.81 bits per heavy atom. The molecular weight excluding hydrogens is 200 g/mol. The van der Waals surface area contributed by atoms with Crippen LogP contribution in [0.25, 0.3) is 0 Å². The largest absolute Gasteiger partial charge is 0.394 e. The molecule has 3 nitrogen and oxygen atoms in total. The molecule has 1 heterocycles. The van der Waals surface area contributed by atoms with Gasteiger partial charge >= 0.3 is 0 Å². The summed E-state index contributed by atoms with van der Waals surface area (Å²) in [7, 11) is 0. The van der Waals surface area contributed by atoms with Gasteiger partial charge in [0.25, 0.3) is 0 Å². The maximum atomic E-state index is 9.04. The Bertz CT molecular complexity index is 376. The Morgan fingerprint density at radius 2 is 2.19 bits per heavy atom. The maximum Gasteiger partial charge on any atom is 0.0624 e. The molecule has 3 heteroatoms. The van der Waals surface area contributed by atoms with Crippen molar-refractivity contribution >= 4 is 5.69 Å². The first-order chi connectivity index (χ1) is 7.63. The van der Waals surface area contributed by atoms with Gasteiger partial charge in [-0.15, -0.1) is 0 Å². The van der Waals surface area contributed by atoms with Gasteiger partial charge in [0.05, 0.1) is 12.6 Å². The summed E-state index contributed by atoms with van der Waals surface area (Å²) in [6, 6.07) is 6.59. The number of nitrogens with two attached hydrogens (primary N) is 1. The first kappa shape index (κ1) is 11.4. The quantitative estimate of drug-likeness (QED) is 0.810. The second kappa shape index (κ2) is 4.44. The Labute approximate surface area is 96.9 Å². The third kappa shape index (κ3) is 1.93. The molecule has 1 atom stereocenters. The van der Waals surface area contributed by atoms with Gasteiger partial charge < -0.3 is 15.7 Å². The smallest absolute Gasteiger partial charge is 0.0624 e. The molecule has 1 aromatic carbocycles. The van der Waals surface area contributed by atoms with Crippen LogP contribution in [0.1, 0.15) is 31.0 Å². The molecule has 0 saturated heterocycles. The third-order valence-corrected chi connectivity index (χ3v) is 3.28. The number of benzene rings is 1. The van der Waals surface area contributed by atoms with E-state index in [1.54, 1.807) is 0 Å². The van der Waals surface area contributed by atoms with Gasteiger partial charge in [0, 0.05) is 18.3 Å². The monoisotopic (exact) mass is 220 g/mol. The highest BCUT2D eigenvalue weighted by molar-refractivity contribution is 5.59. The average Bonchev–Trinajstić information content (AvgIpc) is 2.70. The summed E-state index contributed by atoms with van der Waals surface area (Å²) in [6.45, 7) is 5.52. The number of aliphatic hydroxyl groups is 1. The molecule has 2 rings (SSSR count). The van der Waals surface area contributed by atoms with Gasteiger partial charge in [-0.3, -0.25) is 0 Å². The minimum absolute atomic E-state index is 0.00663. The van der Waals surface area contributed by atoms with Crippen LogP contribution >= 0.6 is 0 Å². The van der Waals surface area contributed by atoms with E-state index >= 15 is 0 Å². The standard InChI is InChI=1S/C13H20N2O/c1-9(2)15-6-5-11-7-10(12(14)8-16)3-4-13(11)15/h3-4,7,9,12,16H,5-6,8,14H2,1-2H3/t12-/m1/s1. The van der Waals surface area contributed by atoms with Crippen molar-refractivity contribution in [3.05, 3.63) is 29.3 Å². The molecule has 3 N–H and O–H groups in total. The van der Waals surface area contributed by atoms with Crippen LogP contribution in [0.15, 0.2) is 18.2 Å². The Balaban J connectivity index is 2.29. The normalized spacial score (nSPS) is 16.7. The van der Waals surface area contributed by atoms with E-state index in [0.717, 1.165) is 18.5 Å². The molecule has 1 aliphatic rings. The maximum absolute atomic E-state index is 9.04. The average molecular weight is 220 g/mol. The second-order valence-corrected chi connectivity index (χ2v) is 4.71. The van der Waals surface area contributed by atoms with E-state index < -0.39 is 0 Å². The minimum Gasteiger partial charge on any atom is -0.394 e. The van der Waals surface area contributed by atoms with Crippen molar-refractivity contribution in [2.45, 2.75) is 32.4 Å². The van der Waals surface area contributed by atoms with Gasteiger partial charge in [0.2, 0.25) is 0 Å². The third-order valence-electron chi connectivity index (χ3n) is 3.28. The molecule has 88 valence electrons. The SMILES string of the molecule is CC(C)N1CCc2cc([C@H](N)CO)ccc21. The highest BCUT2D eigenvalue weighted by atomic mass is 16.3. The van der Waals surface area contributed by atoms with Crippen molar-refractivity contribution < 1.29 is 5.11 Å². The Kier molecular flexibility index (Phi) is 3.17. The van der Waals surface area contributed by atoms with Crippen LogP contribution in [-0.4, -0.2) is 24.3 Å². The Morgan fingerprint density at radius 1 is 1.44 bits per heavy atom. The molecule has 0 bridgehead atoms. The van der Waals surface area contributed by atoms with Crippen LogP contribution in [0, 0.1) is 0 Å². The van der Waals surface area contributed by atoms with Crippen LogP contribution in [-0.2, 0) is 6.42 Å². The van der Waals surface area contributed by atoms with Gasteiger partial charge in [0.15, 0.2) is 0 Å². The summed E-state index contributed by atoms with van der Waals surface area (Å²) in [5.74, 6) is 0. The lowest BCUT2D eigenvalue weighted by Gasteiger charge is -2.24. The van der Waals surface area contributed by atoms with Gasteiger partial charge in [-0.25, -0.2) is 0 Å². The number of fused-ring (bicyclic) bond motifs is 1. The lowest BCUT2D eigenvalue weighted by Crippen LogP contribution is -2.28. The first-order valence-electron chi connectivity index (χ1n) is 5.89. The molecular formula is C13H20N2O. The van der Waals surface area contributed by atoms with Crippen LogP contribution < -0.4 is 10.6 Å². The topological polar surface area (TPSA) is 49.5 Å². The highest BCUT2D eigenvalue weighted by Gasteiger charge is 2.21. The summed E-state index contributed by atoms with van der Waals surface area (Å²) >= 11 is 0. The van der Waals surface area contributed by atoms with E-state index in [1.165, 1.54) is 11.3 Å². The van der Waals surface area contributed by atoms with E-state index in [9.17, 15) is 0 Å². The van der Waals surface area contributed by atoms with E-state index in [-0.39, 0.29) is 12.6 Å². The van der Waals surface area contributed by atoms with Crippen molar-refractivity contribution in [1.82, 2.24) is 0 Å². The predicted molar refractivity (Wildman–Crippen MR) is 66.6 cm³/mol. The van der Waals surface area contributed by atoms with Crippen molar-refractivity contribution in [3.8, 4) is 0 Å². The number of rotatable bonds is 3. The number of anilines is 1. The fourth-order valence-electron chi connectivity index (χ4n) is 2.32. The number of nitrogens with zero attached hydrogens (tertiary/aromatic N) is 1. The van der Waals surface area contributed by atoms with E-state index in [4.69, 9.17) is 10.8 Å². The molecule has 0 spiro atoms. The molecule has 16 heavy (non-hydrogen) atoms. The summed E-state index contributed by atoms with van der Waals surface area (Å²) in [5, 5.41) is 9.04. The van der Waals surface area contributed by atoms with E-state index in [2.05, 4.69) is 30.9 Å². The van der Waals surface area contributed by atoms with Crippen LogP contribution in [0.4, 0.5) is 5.69 Å². The van der Waals surface area contributed by atoms with Crippen LogP contribution in [0.3, 0.4) is 0 Å². The number of hydrogen-bond donors (Lipinski definition) is 2. The lowest BCUT2D eigenvalue weighted by molar-refractivity contribution is 0.268. The molecule has 0 fully saturated rings. The van der Waals surface area contributed by atoms with Crippen molar-refractivity contribution in [1.29, 1.82) is 0 Å². The molecule has 0 saturated carbocycles. The predicted octanol–water partition coefficient (Wildman–Crippen LogP) is 1.45. The van der Waals surface area contributed by atoms with Crippen molar-refractivity contribution in [2.24, 2.45) is 5.73 Å². The zero-order valence-corrected chi connectivity index (χ0v) is 9.98. The summed E-state index contributed by atoms with van der Waals surface area (Å²) in [5.41, 5.74) is 9.53. The number of aliphatic hydroxyl groups excluding tert-OH is 1. The van der Waals surface area contributed by atoms with Crippen molar-refractivity contribution in [3.63, 3.8) is 0 Å². The second-order valence-electron chi connectivity index (χ2n) is 4.71. The first-order valence-corrected chi connectivity index (χ1v) is 5.89. The highest BCUT2D eigenvalue weighted by Crippen LogP contribution is 2.31. The van der Waals surface area contributed by atoms with Crippen molar-refractivity contribution in [2.75, 3.05) is 18.1 Å². The minimum atomic E-state index is -0.251. The Hall–Kier alpha value is -1.06. The van der Waals surface area contributed by atoms with Gasteiger partial charge in [-0.2, -0.15) is 0 Å². The zero-order valence-electron chi connectivity index (χ0n) is 9.98. The van der Waals surface area contributed by atoms with Gasteiger partial charge in [-0.1, -0.05) is 12.1 Å². The molecule has 0 unspecified atom stereocenters. The summed E-state index contributed by atoms with van der Waals surface area (Å²) in [4.78, 5) is 2.41. The molecule has 1 aliphatic heterocycles. The molecule has 0 radical (unpaired) electrons.